The third-order valence-corrected chi connectivity index (χ3v) is 6.83. The number of amides is 2. The lowest BCUT2D eigenvalue weighted by Crippen LogP contribution is -2.33. The van der Waals surface area contributed by atoms with Crippen molar-refractivity contribution in [1.82, 2.24) is 15.6 Å². The van der Waals surface area contributed by atoms with Crippen LogP contribution in [-0.4, -0.2) is 34.0 Å². The van der Waals surface area contributed by atoms with Crippen LogP contribution < -0.4 is 27.4 Å². The highest BCUT2D eigenvalue weighted by molar-refractivity contribution is 7.80. The van der Waals surface area contributed by atoms with Crippen LogP contribution in [0.2, 0.25) is 0 Å². The standard InChI is InChI=1S/C12H13N3OS.C12H15N3OS/c1-6(16)14-9-2-7-4-10-11(5-8(7)3-9)17-12(13)15-10;1-7(16)14-11-4-8-2-3-10(15-12(13)17)5-9(8)6-11/h4-5,9H,2-3H2,1H3,(H2,13,15)(H,14,16);2-3,5,11H,4,6H2,1H3,(H,14,16)(H3,13,15,17). The van der Waals surface area contributed by atoms with Gasteiger partial charge in [-0.15, -0.1) is 0 Å². The number of anilines is 2. The second-order valence-corrected chi connectivity index (χ2v) is 10.2. The van der Waals surface area contributed by atoms with Crippen LogP contribution in [-0.2, 0) is 35.3 Å². The number of rotatable bonds is 3. The normalized spacial score (nSPS) is 17.8. The highest BCUT2D eigenvalue weighted by Crippen LogP contribution is 2.31. The van der Waals surface area contributed by atoms with Crippen LogP contribution in [0, 0.1) is 0 Å². The highest BCUT2D eigenvalue weighted by atomic mass is 32.1. The minimum atomic E-state index is 0.0179. The molecule has 0 saturated heterocycles. The van der Waals surface area contributed by atoms with E-state index in [1.54, 1.807) is 13.8 Å². The maximum Gasteiger partial charge on any atom is 0.217 e. The Hall–Kier alpha value is -3.24. The molecule has 2 unspecified atom stereocenters. The van der Waals surface area contributed by atoms with Gasteiger partial charge in [-0.25, -0.2) is 4.98 Å². The minimum Gasteiger partial charge on any atom is -0.376 e. The summed E-state index contributed by atoms with van der Waals surface area (Å²) in [5.41, 5.74) is 18.1. The van der Waals surface area contributed by atoms with E-state index in [1.165, 1.54) is 33.6 Å². The summed E-state index contributed by atoms with van der Waals surface area (Å²) in [6.07, 6.45) is 3.55. The molecule has 34 heavy (non-hydrogen) atoms. The molecular weight excluding hydrogens is 468 g/mol. The smallest absolute Gasteiger partial charge is 0.217 e. The third-order valence-electron chi connectivity index (χ3n) is 5.88. The number of fused-ring (bicyclic) bond motifs is 3. The average Bonchev–Trinajstić information content (AvgIpc) is 3.39. The summed E-state index contributed by atoms with van der Waals surface area (Å²) in [5, 5.41) is 9.70. The maximum atomic E-state index is 11.0. The summed E-state index contributed by atoms with van der Waals surface area (Å²) in [5.74, 6) is 0.0521. The van der Waals surface area contributed by atoms with Crippen LogP contribution in [0.25, 0.3) is 10.2 Å². The molecule has 0 fully saturated rings. The molecular formula is C24H28N6O2S2. The molecule has 2 amide bonds. The Bertz CT molecular complexity index is 1230. The van der Waals surface area contributed by atoms with Gasteiger partial charge in [0.25, 0.3) is 0 Å². The quantitative estimate of drug-likeness (QED) is 0.352. The number of thiazole rings is 1. The predicted octanol–water partition coefficient (Wildman–Crippen LogP) is 2.43. The molecule has 178 valence electrons. The molecule has 2 aliphatic rings. The summed E-state index contributed by atoms with van der Waals surface area (Å²) < 4.78 is 1.13. The summed E-state index contributed by atoms with van der Waals surface area (Å²) in [6, 6.07) is 10.7. The first-order valence-corrected chi connectivity index (χ1v) is 12.3. The largest absolute Gasteiger partial charge is 0.376 e. The fourth-order valence-electron chi connectivity index (χ4n) is 4.68. The Morgan fingerprint density at radius 1 is 0.941 bits per heavy atom. The molecule has 0 radical (unpaired) electrons. The van der Waals surface area contributed by atoms with Crippen molar-refractivity contribution in [2.45, 2.75) is 51.6 Å². The van der Waals surface area contributed by atoms with E-state index < -0.39 is 0 Å². The summed E-state index contributed by atoms with van der Waals surface area (Å²) in [6.45, 7) is 3.10. The van der Waals surface area contributed by atoms with E-state index in [2.05, 4.69) is 39.1 Å². The first-order chi connectivity index (χ1) is 16.2. The van der Waals surface area contributed by atoms with Gasteiger partial charge in [0.2, 0.25) is 11.8 Å². The average molecular weight is 497 g/mol. The van der Waals surface area contributed by atoms with Crippen molar-refractivity contribution in [2.24, 2.45) is 5.73 Å². The number of nitrogen functional groups attached to an aromatic ring is 1. The van der Waals surface area contributed by atoms with Crippen LogP contribution in [0.3, 0.4) is 0 Å². The SMILES string of the molecule is CC(=O)NC1Cc2cc3nc(N)sc3cc2C1.CC(=O)NC1Cc2ccc(NC(N)=S)cc2C1. The molecule has 5 rings (SSSR count). The molecule has 7 N–H and O–H groups in total. The molecule has 0 spiro atoms. The molecule has 8 nitrogen and oxygen atoms in total. The maximum absolute atomic E-state index is 11.0. The van der Waals surface area contributed by atoms with Gasteiger partial charge in [-0.05, 0) is 84.4 Å². The number of aromatic nitrogens is 1. The van der Waals surface area contributed by atoms with Gasteiger partial charge >= 0.3 is 0 Å². The second-order valence-electron chi connectivity index (χ2n) is 8.72. The van der Waals surface area contributed by atoms with E-state index in [1.807, 2.05) is 12.1 Å². The Balaban J connectivity index is 0.000000161. The first kappa shape index (κ1) is 23.9. The molecule has 0 saturated carbocycles. The van der Waals surface area contributed by atoms with E-state index in [9.17, 15) is 9.59 Å². The zero-order valence-corrected chi connectivity index (χ0v) is 20.7. The number of hydrogen-bond acceptors (Lipinski definition) is 6. The fourth-order valence-corrected chi connectivity index (χ4v) is 5.57. The van der Waals surface area contributed by atoms with Gasteiger partial charge in [-0.3, -0.25) is 9.59 Å². The molecule has 3 aromatic rings. The van der Waals surface area contributed by atoms with Gasteiger partial charge in [0.05, 0.1) is 10.2 Å². The molecule has 0 bridgehead atoms. The van der Waals surface area contributed by atoms with Crippen molar-refractivity contribution >= 4 is 61.5 Å². The topological polar surface area (TPSA) is 135 Å². The van der Waals surface area contributed by atoms with Gasteiger partial charge in [-0.1, -0.05) is 17.4 Å². The molecule has 2 atom stereocenters. The van der Waals surface area contributed by atoms with Gasteiger partial charge in [0.1, 0.15) is 0 Å². The lowest BCUT2D eigenvalue weighted by molar-refractivity contribution is -0.120. The Labute approximate surface area is 207 Å². The number of carbonyl (C=O) groups is 2. The van der Waals surface area contributed by atoms with Gasteiger partial charge in [0, 0.05) is 31.6 Å². The van der Waals surface area contributed by atoms with E-state index in [0.29, 0.717) is 5.13 Å². The number of thiocarbonyl (C=S) groups is 1. The lowest BCUT2D eigenvalue weighted by atomic mass is 10.1. The fraction of sp³-hybridized carbons (Fsp3) is 0.333. The summed E-state index contributed by atoms with van der Waals surface area (Å²) in [4.78, 5) is 26.3. The molecule has 0 aliphatic heterocycles. The molecule has 10 heteroatoms. The second kappa shape index (κ2) is 9.94. The number of benzene rings is 2. The zero-order valence-electron chi connectivity index (χ0n) is 19.1. The zero-order chi connectivity index (χ0) is 24.4. The number of nitrogens with zero attached hydrogens (tertiary/aromatic N) is 1. The number of hydrogen-bond donors (Lipinski definition) is 5. The van der Waals surface area contributed by atoms with Gasteiger partial charge in [0.15, 0.2) is 10.2 Å². The van der Waals surface area contributed by atoms with Gasteiger partial charge in [-0.2, -0.15) is 0 Å². The monoisotopic (exact) mass is 496 g/mol. The Morgan fingerprint density at radius 3 is 2.09 bits per heavy atom. The molecule has 1 aromatic heterocycles. The van der Waals surface area contributed by atoms with Crippen molar-refractivity contribution < 1.29 is 9.59 Å². The minimum absolute atomic E-state index is 0.0179. The van der Waals surface area contributed by atoms with Crippen LogP contribution in [0.1, 0.15) is 36.1 Å². The summed E-state index contributed by atoms with van der Waals surface area (Å²) >= 11 is 6.31. The van der Waals surface area contributed by atoms with E-state index >= 15 is 0 Å². The number of nitrogens with one attached hydrogen (secondary N) is 3. The van der Waals surface area contributed by atoms with Crippen LogP contribution in [0.4, 0.5) is 10.8 Å². The molecule has 2 aliphatic carbocycles. The Kier molecular flexibility index (Phi) is 6.99. The van der Waals surface area contributed by atoms with Crippen LogP contribution in [0.5, 0.6) is 0 Å². The van der Waals surface area contributed by atoms with E-state index in [4.69, 9.17) is 23.7 Å². The molecule has 2 aromatic carbocycles. The first-order valence-electron chi connectivity index (χ1n) is 11.1. The van der Waals surface area contributed by atoms with Crippen molar-refractivity contribution in [3.05, 3.63) is 52.6 Å². The van der Waals surface area contributed by atoms with Gasteiger partial charge < -0.3 is 27.4 Å². The highest BCUT2D eigenvalue weighted by Gasteiger charge is 2.23. The Morgan fingerprint density at radius 2 is 1.50 bits per heavy atom. The van der Waals surface area contributed by atoms with Crippen LogP contribution in [0.15, 0.2) is 30.3 Å². The van der Waals surface area contributed by atoms with Crippen LogP contribution >= 0.6 is 23.6 Å². The summed E-state index contributed by atoms with van der Waals surface area (Å²) in [7, 11) is 0. The van der Waals surface area contributed by atoms with Crippen molar-refractivity contribution in [3.63, 3.8) is 0 Å². The van der Waals surface area contributed by atoms with Crippen molar-refractivity contribution in [2.75, 3.05) is 11.1 Å². The number of nitrogens with two attached hydrogens (primary N) is 2. The predicted molar refractivity (Wildman–Crippen MR) is 141 cm³/mol. The number of carbonyl (C=O) groups excluding carboxylic acids is 2. The van der Waals surface area contributed by atoms with Crippen molar-refractivity contribution in [1.29, 1.82) is 0 Å². The third kappa shape index (κ3) is 5.81. The van der Waals surface area contributed by atoms with E-state index in [-0.39, 0.29) is 29.0 Å². The van der Waals surface area contributed by atoms with Crippen molar-refractivity contribution in [3.8, 4) is 0 Å². The van der Waals surface area contributed by atoms with E-state index in [0.717, 1.165) is 41.6 Å². The lowest BCUT2D eigenvalue weighted by Gasteiger charge is -2.08. The molecule has 1 heterocycles.